The number of aromatic nitrogens is 3. The van der Waals surface area contributed by atoms with Gasteiger partial charge in [0, 0.05) is 11.6 Å². The standard InChI is InChI=1S/C14H10N4O5S/c19-18(20)13-7-6-11(8-14(13)24(21,22)23)17-15-9-12(16-17)10-4-2-1-3-5-10/h1-9H,(H,21,22,23). The molecular formula is C14H10N4O5S. The molecule has 24 heavy (non-hydrogen) atoms. The molecule has 0 fully saturated rings. The Bertz CT molecular complexity index is 1010. The SMILES string of the molecule is O=[N+]([O-])c1ccc(-n2ncc(-c3ccccc3)n2)cc1S(=O)(=O)O. The van der Waals surface area contributed by atoms with Gasteiger partial charge in [-0.3, -0.25) is 14.7 Å². The van der Waals surface area contributed by atoms with E-state index >= 15 is 0 Å². The molecule has 9 nitrogen and oxygen atoms in total. The minimum atomic E-state index is -4.76. The van der Waals surface area contributed by atoms with Crippen molar-refractivity contribution in [3.63, 3.8) is 0 Å². The van der Waals surface area contributed by atoms with E-state index in [4.69, 9.17) is 0 Å². The predicted octanol–water partition coefficient (Wildman–Crippen LogP) is 2.09. The van der Waals surface area contributed by atoms with Crippen molar-refractivity contribution in [3.05, 3.63) is 64.8 Å². The van der Waals surface area contributed by atoms with Crippen LogP contribution in [0, 0.1) is 10.1 Å². The number of hydrogen-bond donors (Lipinski definition) is 1. The largest absolute Gasteiger partial charge is 0.301 e. The van der Waals surface area contributed by atoms with Gasteiger partial charge < -0.3 is 0 Å². The number of rotatable bonds is 4. The Morgan fingerprint density at radius 3 is 2.46 bits per heavy atom. The average molecular weight is 346 g/mol. The van der Waals surface area contributed by atoms with Crippen LogP contribution < -0.4 is 0 Å². The second kappa shape index (κ2) is 5.83. The van der Waals surface area contributed by atoms with Crippen LogP contribution in [0.5, 0.6) is 0 Å². The fraction of sp³-hybridized carbons (Fsp3) is 0. The van der Waals surface area contributed by atoms with Gasteiger partial charge in [-0.05, 0) is 12.1 Å². The van der Waals surface area contributed by atoms with Crippen LogP contribution in [-0.4, -0.2) is 32.9 Å². The van der Waals surface area contributed by atoms with Crippen LogP contribution in [0.3, 0.4) is 0 Å². The van der Waals surface area contributed by atoms with E-state index in [9.17, 15) is 23.1 Å². The minimum absolute atomic E-state index is 0.162. The lowest BCUT2D eigenvalue weighted by molar-refractivity contribution is -0.387. The van der Waals surface area contributed by atoms with E-state index in [2.05, 4.69) is 10.2 Å². The summed E-state index contributed by atoms with van der Waals surface area (Å²) in [5.74, 6) is 0. The van der Waals surface area contributed by atoms with Crippen molar-refractivity contribution in [2.75, 3.05) is 0 Å². The molecule has 0 aliphatic heterocycles. The number of nitrogens with zero attached hydrogens (tertiary/aromatic N) is 4. The van der Waals surface area contributed by atoms with Gasteiger partial charge in [0.05, 0.1) is 16.8 Å². The summed E-state index contributed by atoms with van der Waals surface area (Å²) in [6.45, 7) is 0. The smallest absolute Gasteiger partial charge is 0.282 e. The zero-order chi connectivity index (χ0) is 17.3. The summed E-state index contributed by atoms with van der Waals surface area (Å²) in [6.07, 6.45) is 1.48. The molecule has 0 unspecified atom stereocenters. The van der Waals surface area contributed by atoms with Crippen molar-refractivity contribution in [1.82, 2.24) is 15.0 Å². The average Bonchev–Trinajstić information content (AvgIpc) is 3.04. The van der Waals surface area contributed by atoms with Crippen LogP contribution >= 0.6 is 0 Å². The molecule has 10 heteroatoms. The van der Waals surface area contributed by atoms with Gasteiger partial charge in [0.15, 0.2) is 4.90 Å². The van der Waals surface area contributed by atoms with E-state index in [0.717, 1.165) is 22.5 Å². The van der Waals surface area contributed by atoms with Gasteiger partial charge in [0.25, 0.3) is 5.69 Å². The number of nitro groups is 1. The fourth-order valence-corrected chi connectivity index (χ4v) is 2.79. The van der Waals surface area contributed by atoms with Crippen LogP contribution in [-0.2, 0) is 10.1 Å². The summed E-state index contributed by atoms with van der Waals surface area (Å²) in [6, 6.07) is 12.4. The first-order valence-electron chi connectivity index (χ1n) is 6.60. The summed E-state index contributed by atoms with van der Waals surface area (Å²) in [4.78, 5) is 10.3. The maximum atomic E-state index is 11.4. The zero-order valence-electron chi connectivity index (χ0n) is 12.0. The number of hydrogen-bond acceptors (Lipinski definition) is 6. The quantitative estimate of drug-likeness (QED) is 0.435. The third kappa shape index (κ3) is 3.00. The summed E-state index contributed by atoms with van der Waals surface area (Å²) >= 11 is 0. The van der Waals surface area contributed by atoms with E-state index in [0.29, 0.717) is 5.69 Å². The first kappa shape index (κ1) is 15.8. The van der Waals surface area contributed by atoms with Crippen LogP contribution in [0.4, 0.5) is 5.69 Å². The van der Waals surface area contributed by atoms with Crippen molar-refractivity contribution < 1.29 is 17.9 Å². The van der Waals surface area contributed by atoms with Gasteiger partial charge in [-0.1, -0.05) is 30.3 Å². The second-order valence-electron chi connectivity index (χ2n) is 4.77. The Labute approximate surface area is 136 Å². The molecule has 2 aromatic carbocycles. The molecule has 1 N–H and O–H groups in total. The lowest BCUT2D eigenvalue weighted by Gasteiger charge is -2.03. The Morgan fingerprint density at radius 2 is 1.83 bits per heavy atom. The zero-order valence-corrected chi connectivity index (χ0v) is 12.8. The first-order valence-corrected chi connectivity index (χ1v) is 8.04. The highest BCUT2D eigenvalue weighted by atomic mass is 32.2. The van der Waals surface area contributed by atoms with E-state index in [1.165, 1.54) is 12.3 Å². The molecule has 122 valence electrons. The monoisotopic (exact) mass is 346 g/mol. The van der Waals surface area contributed by atoms with Gasteiger partial charge in [-0.15, -0.1) is 5.10 Å². The number of benzene rings is 2. The molecule has 0 spiro atoms. The molecule has 3 rings (SSSR count). The minimum Gasteiger partial charge on any atom is -0.282 e. The van der Waals surface area contributed by atoms with Crippen molar-refractivity contribution in [2.45, 2.75) is 4.90 Å². The van der Waals surface area contributed by atoms with Crippen molar-refractivity contribution in [3.8, 4) is 16.9 Å². The lowest BCUT2D eigenvalue weighted by atomic mass is 10.2. The Hall–Kier alpha value is -3.11. The van der Waals surface area contributed by atoms with Crippen LogP contribution in [0.2, 0.25) is 0 Å². The first-order chi connectivity index (χ1) is 11.4. The molecule has 1 heterocycles. The molecule has 0 saturated heterocycles. The van der Waals surface area contributed by atoms with Gasteiger partial charge in [0.1, 0.15) is 5.69 Å². The molecule has 3 aromatic rings. The summed E-state index contributed by atoms with van der Waals surface area (Å²) in [7, 11) is -4.76. The highest BCUT2D eigenvalue weighted by Crippen LogP contribution is 2.26. The molecule has 0 radical (unpaired) electrons. The van der Waals surface area contributed by atoms with E-state index < -0.39 is 25.6 Å². The second-order valence-corrected chi connectivity index (χ2v) is 6.16. The maximum absolute atomic E-state index is 11.4. The van der Waals surface area contributed by atoms with Gasteiger partial charge in [0.2, 0.25) is 0 Å². The Kier molecular flexibility index (Phi) is 3.83. The van der Waals surface area contributed by atoms with Crippen LogP contribution in [0.15, 0.2) is 59.6 Å². The van der Waals surface area contributed by atoms with Crippen LogP contribution in [0.25, 0.3) is 16.9 Å². The van der Waals surface area contributed by atoms with Crippen LogP contribution in [0.1, 0.15) is 0 Å². The molecule has 0 aliphatic rings. The highest BCUT2D eigenvalue weighted by molar-refractivity contribution is 7.86. The predicted molar refractivity (Wildman–Crippen MR) is 83.3 cm³/mol. The van der Waals surface area contributed by atoms with E-state index in [-0.39, 0.29) is 5.69 Å². The van der Waals surface area contributed by atoms with Crippen molar-refractivity contribution in [1.29, 1.82) is 0 Å². The normalized spacial score (nSPS) is 11.4. The topological polar surface area (TPSA) is 128 Å². The van der Waals surface area contributed by atoms with Gasteiger partial charge in [-0.25, -0.2) is 0 Å². The molecule has 0 aliphatic carbocycles. The third-order valence-corrected chi connectivity index (χ3v) is 4.09. The molecule has 1 aromatic heterocycles. The molecule has 0 atom stereocenters. The maximum Gasteiger partial charge on any atom is 0.301 e. The molecule has 0 amide bonds. The summed E-state index contributed by atoms with van der Waals surface area (Å²) < 4.78 is 31.9. The molecular weight excluding hydrogens is 336 g/mol. The van der Waals surface area contributed by atoms with E-state index in [1.807, 2.05) is 30.3 Å². The summed E-state index contributed by atoms with van der Waals surface area (Å²) in [5, 5.41) is 19.1. The number of nitro benzene ring substituents is 1. The fourth-order valence-electron chi connectivity index (χ4n) is 2.11. The Balaban J connectivity index is 2.08. The Morgan fingerprint density at radius 1 is 1.12 bits per heavy atom. The van der Waals surface area contributed by atoms with E-state index in [1.54, 1.807) is 0 Å². The lowest BCUT2D eigenvalue weighted by Crippen LogP contribution is -2.06. The summed E-state index contributed by atoms with van der Waals surface area (Å²) in [5.41, 5.74) is 0.787. The third-order valence-electron chi connectivity index (χ3n) is 3.21. The van der Waals surface area contributed by atoms with Gasteiger partial charge >= 0.3 is 10.1 Å². The molecule has 0 saturated carbocycles. The molecule has 0 bridgehead atoms. The van der Waals surface area contributed by atoms with Gasteiger partial charge in [-0.2, -0.15) is 18.3 Å². The van der Waals surface area contributed by atoms with Crippen molar-refractivity contribution in [2.24, 2.45) is 0 Å². The van der Waals surface area contributed by atoms with Crippen molar-refractivity contribution >= 4 is 15.8 Å². The highest BCUT2D eigenvalue weighted by Gasteiger charge is 2.25.